The van der Waals surface area contributed by atoms with Crippen LogP contribution < -0.4 is 5.32 Å². The van der Waals surface area contributed by atoms with Crippen LogP contribution in [-0.2, 0) is 0 Å². The number of fused-ring (bicyclic) bond motifs is 1. The van der Waals surface area contributed by atoms with E-state index in [1.165, 1.54) is 12.3 Å². The monoisotopic (exact) mass is 392 g/mol. The predicted molar refractivity (Wildman–Crippen MR) is 107 cm³/mol. The Kier molecular flexibility index (Phi) is 4.80. The Morgan fingerprint density at radius 3 is 2.55 bits per heavy atom. The van der Waals surface area contributed by atoms with Crippen LogP contribution in [0.25, 0.3) is 16.9 Å². The zero-order valence-electron chi connectivity index (χ0n) is 15.9. The smallest absolute Gasteiger partial charge is 0.280 e. The summed E-state index contributed by atoms with van der Waals surface area (Å²) in [5.74, 6) is -0.452. The Bertz CT molecular complexity index is 1200. The molecule has 0 saturated heterocycles. The lowest BCUT2D eigenvalue weighted by Gasteiger charge is -2.11. The maximum Gasteiger partial charge on any atom is 0.280 e. The molecule has 0 aliphatic rings. The molecule has 1 N–H and O–H groups in total. The van der Waals surface area contributed by atoms with Gasteiger partial charge < -0.3 is 5.32 Å². The van der Waals surface area contributed by atoms with E-state index in [2.05, 4.69) is 15.4 Å². The van der Waals surface area contributed by atoms with E-state index in [1.54, 1.807) is 30.3 Å². The first kappa shape index (κ1) is 18.7. The molecule has 0 fully saturated rings. The molecule has 0 spiro atoms. The molecule has 0 unspecified atom stereocenters. The van der Waals surface area contributed by atoms with Crippen LogP contribution in [0.5, 0.6) is 0 Å². The van der Waals surface area contributed by atoms with Gasteiger partial charge in [-0.2, -0.15) is 5.10 Å². The molecule has 7 heteroatoms. The highest BCUT2D eigenvalue weighted by Gasteiger charge is 2.22. The van der Waals surface area contributed by atoms with Gasteiger partial charge in [0.2, 0.25) is 0 Å². The molecule has 2 aromatic heterocycles. The maximum atomic E-state index is 13.7. The van der Waals surface area contributed by atoms with Gasteiger partial charge in [0.15, 0.2) is 5.65 Å². The Hall–Kier alpha value is -3.61. The normalized spacial score (nSPS) is 11.2. The molecule has 0 bridgehead atoms. The van der Waals surface area contributed by atoms with Gasteiger partial charge in [-0.3, -0.25) is 4.79 Å². The number of nitrogens with zero attached hydrogens (tertiary/aromatic N) is 3. The van der Waals surface area contributed by atoms with Crippen LogP contribution >= 0.6 is 0 Å². The van der Waals surface area contributed by atoms with Crippen molar-refractivity contribution in [1.29, 1.82) is 0 Å². The number of anilines is 1. The lowest BCUT2D eigenvalue weighted by atomic mass is 10.1. The first-order valence-corrected chi connectivity index (χ1v) is 9.05. The van der Waals surface area contributed by atoms with Crippen molar-refractivity contribution in [2.45, 2.75) is 20.3 Å². The van der Waals surface area contributed by atoms with Crippen molar-refractivity contribution in [2.75, 3.05) is 5.32 Å². The third-order valence-corrected chi connectivity index (χ3v) is 4.89. The Morgan fingerprint density at radius 1 is 1.07 bits per heavy atom. The van der Waals surface area contributed by atoms with Crippen molar-refractivity contribution in [2.24, 2.45) is 0 Å². The molecular formula is C22H18F2N4O. The fourth-order valence-corrected chi connectivity index (χ4v) is 3.13. The fourth-order valence-electron chi connectivity index (χ4n) is 3.13. The highest BCUT2D eigenvalue weighted by atomic mass is 19.3. The highest BCUT2D eigenvalue weighted by Crippen LogP contribution is 2.27. The lowest BCUT2D eigenvalue weighted by Crippen LogP contribution is -2.14. The van der Waals surface area contributed by atoms with E-state index in [0.29, 0.717) is 16.9 Å². The van der Waals surface area contributed by atoms with Gasteiger partial charge in [0.25, 0.3) is 12.3 Å². The van der Waals surface area contributed by atoms with E-state index in [9.17, 15) is 13.6 Å². The van der Waals surface area contributed by atoms with E-state index < -0.39 is 12.3 Å². The summed E-state index contributed by atoms with van der Waals surface area (Å²) in [5, 5.41) is 6.82. The number of rotatable bonds is 4. The molecular weight excluding hydrogens is 374 g/mol. The van der Waals surface area contributed by atoms with Crippen LogP contribution in [0.2, 0.25) is 0 Å². The maximum absolute atomic E-state index is 13.7. The lowest BCUT2D eigenvalue weighted by molar-refractivity contribution is 0.102. The number of halogens is 2. The van der Waals surface area contributed by atoms with Crippen LogP contribution in [0.1, 0.15) is 33.6 Å². The average Bonchev–Trinajstić information content (AvgIpc) is 3.15. The zero-order valence-corrected chi connectivity index (χ0v) is 15.9. The van der Waals surface area contributed by atoms with Crippen molar-refractivity contribution in [3.63, 3.8) is 0 Å². The summed E-state index contributed by atoms with van der Waals surface area (Å²) in [6.45, 7) is 3.85. The topological polar surface area (TPSA) is 59.3 Å². The number of aryl methyl sites for hydroxylation is 1. The summed E-state index contributed by atoms with van der Waals surface area (Å²) in [6.07, 6.45) is -1.50. The third-order valence-electron chi connectivity index (χ3n) is 4.89. The van der Waals surface area contributed by atoms with E-state index >= 15 is 0 Å². The third kappa shape index (κ3) is 3.47. The molecule has 1 amide bonds. The van der Waals surface area contributed by atoms with Crippen molar-refractivity contribution in [3.8, 4) is 11.3 Å². The average molecular weight is 392 g/mol. The van der Waals surface area contributed by atoms with Gasteiger partial charge in [0, 0.05) is 11.3 Å². The molecule has 0 aliphatic heterocycles. The van der Waals surface area contributed by atoms with Gasteiger partial charge in [0.1, 0.15) is 11.3 Å². The number of benzene rings is 2. The Morgan fingerprint density at radius 2 is 1.83 bits per heavy atom. The summed E-state index contributed by atoms with van der Waals surface area (Å²) < 4.78 is 28.3. The molecule has 0 saturated carbocycles. The quantitative estimate of drug-likeness (QED) is 0.519. The molecule has 146 valence electrons. The molecule has 0 radical (unpaired) electrons. The summed E-state index contributed by atoms with van der Waals surface area (Å²) in [6, 6.07) is 15.9. The minimum absolute atomic E-state index is 0.0875. The number of carbonyl (C=O) groups excluding carboxylic acids is 1. The first-order valence-electron chi connectivity index (χ1n) is 9.05. The van der Waals surface area contributed by atoms with Gasteiger partial charge >= 0.3 is 0 Å². The van der Waals surface area contributed by atoms with Gasteiger partial charge in [-0.25, -0.2) is 18.3 Å². The summed E-state index contributed by atoms with van der Waals surface area (Å²) in [5.41, 5.74) is 3.56. The number of nitrogens with one attached hydrogen (secondary N) is 1. The van der Waals surface area contributed by atoms with E-state index in [-0.39, 0.29) is 16.9 Å². The van der Waals surface area contributed by atoms with Crippen molar-refractivity contribution >= 4 is 17.2 Å². The van der Waals surface area contributed by atoms with Gasteiger partial charge in [-0.05, 0) is 37.1 Å². The van der Waals surface area contributed by atoms with Crippen LogP contribution in [0, 0.1) is 13.8 Å². The van der Waals surface area contributed by atoms with Crippen LogP contribution in [0.15, 0.2) is 60.8 Å². The van der Waals surface area contributed by atoms with Gasteiger partial charge in [-0.15, -0.1) is 0 Å². The summed E-state index contributed by atoms with van der Waals surface area (Å²) in [4.78, 5) is 17.3. The minimum Gasteiger partial charge on any atom is -0.322 e. The first-order chi connectivity index (χ1) is 14.0. The molecule has 5 nitrogen and oxygen atoms in total. The van der Waals surface area contributed by atoms with Gasteiger partial charge in [-0.1, -0.05) is 42.5 Å². The highest BCUT2D eigenvalue weighted by molar-refractivity contribution is 6.08. The molecule has 2 heterocycles. The van der Waals surface area contributed by atoms with Crippen molar-refractivity contribution in [1.82, 2.24) is 14.6 Å². The standard InChI is InChI=1S/C22H18F2N4O/c1-13-7-6-10-17(14(13)2)27-22(29)16-12-25-28-19(20(23)24)11-18(26-21(16)28)15-8-4-3-5-9-15/h3-12,20H,1-2H3,(H,27,29). The molecule has 2 aromatic carbocycles. The second-order valence-corrected chi connectivity index (χ2v) is 6.73. The van der Waals surface area contributed by atoms with Crippen LogP contribution in [0.4, 0.5) is 14.5 Å². The summed E-state index contributed by atoms with van der Waals surface area (Å²) in [7, 11) is 0. The number of amides is 1. The molecule has 4 aromatic rings. The van der Waals surface area contributed by atoms with Gasteiger partial charge in [0.05, 0.1) is 11.9 Å². The second kappa shape index (κ2) is 7.43. The van der Waals surface area contributed by atoms with E-state index in [4.69, 9.17) is 0 Å². The number of hydrogen-bond acceptors (Lipinski definition) is 3. The second-order valence-electron chi connectivity index (χ2n) is 6.73. The predicted octanol–water partition coefficient (Wildman–Crippen LogP) is 5.20. The van der Waals surface area contributed by atoms with Crippen molar-refractivity contribution < 1.29 is 13.6 Å². The summed E-state index contributed by atoms with van der Waals surface area (Å²) >= 11 is 0. The zero-order chi connectivity index (χ0) is 20.5. The Balaban J connectivity index is 1.82. The number of hydrogen-bond donors (Lipinski definition) is 1. The molecule has 0 atom stereocenters. The number of carbonyl (C=O) groups is 1. The molecule has 4 rings (SSSR count). The number of alkyl halides is 2. The van der Waals surface area contributed by atoms with E-state index in [1.807, 2.05) is 32.0 Å². The molecule has 29 heavy (non-hydrogen) atoms. The van der Waals surface area contributed by atoms with Crippen LogP contribution in [0.3, 0.4) is 0 Å². The number of aromatic nitrogens is 3. The SMILES string of the molecule is Cc1cccc(NC(=O)c2cnn3c(C(F)F)cc(-c4ccccc4)nc23)c1C. The van der Waals surface area contributed by atoms with Crippen LogP contribution in [-0.4, -0.2) is 20.5 Å². The minimum atomic E-state index is -2.77. The molecule has 0 aliphatic carbocycles. The fraction of sp³-hybridized carbons (Fsp3) is 0.136. The largest absolute Gasteiger partial charge is 0.322 e. The Labute approximate surface area is 166 Å². The van der Waals surface area contributed by atoms with E-state index in [0.717, 1.165) is 15.6 Å². The van der Waals surface area contributed by atoms with Crippen molar-refractivity contribution in [3.05, 3.63) is 83.2 Å².